The van der Waals surface area contributed by atoms with Crippen LogP contribution >= 0.6 is 12.4 Å². The van der Waals surface area contributed by atoms with Gasteiger partial charge in [0.25, 0.3) is 0 Å². The quantitative estimate of drug-likeness (QED) is 0.838. The smallest absolute Gasteiger partial charge is 0.416 e. The molecule has 1 saturated heterocycles. The predicted octanol–water partition coefficient (Wildman–Crippen LogP) is 3.85. The van der Waals surface area contributed by atoms with Crippen molar-refractivity contribution in [2.24, 2.45) is 0 Å². The van der Waals surface area contributed by atoms with E-state index in [2.05, 4.69) is 5.32 Å². The van der Waals surface area contributed by atoms with E-state index >= 15 is 0 Å². The Balaban J connectivity index is 0.00000208. The van der Waals surface area contributed by atoms with Crippen LogP contribution in [0.1, 0.15) is 22.9 Å². The summed E-state index contributed by atoms with van der Waals surface area (Å²) in [5.41, 5.74) is -0.799. The molecule has 0 radical (unpaired) electrons. The summed E-state index contributed by atoms with van der Waals surface area (Å²) in [7, 11) is 0. The molecular weight excluding hydrogens is 348 g/mol. The molecule has 24 heavy (non-hydrogen) atoms. The summed E-state index contributed by atoms with van der Waals surface area (Å²) >= 11 is 0. The molecule has 132 valence electrons. The van der Waals surface area contributed by atoms with Crippen LogP contribution in [0.3, 0.4) is 0 Å². The topological polar surface area (TPSA) is 28.4 Å². The van der Waals surface area contributed by atoms with Crippen LogP contribution in [-0.2, 0) is 6.18 Å². The summed E-state index contributed by atoms with van der Waals surface area (Å²) in [4.78, 5) is 2.00. The first-order valence-electron chi connectivity index (χ1n) is 7.31. The van der Waals surface area contributed by atoms with Crippen molar-refractivity contribution in [2.45, 2.75) is 12.2 Å². The molecule has 1 aromatic heterocycles. The third-order valence-electron chi connectivity index (χ3n) is 3.95. The van der Waals surface area contributed by atoms with Crippen LogP contribution in [0.5, 0.6) is 0 Å². The van der Waals surface area contributed by atoms with E-state index < -0.39 is 23.6 Å². The number of nitrogens with one attached hydrogen (secondary N) is 1. The second-order valence-corrected chi connectivity index (χ2v) is 5.44. The number of rotatable bonds is 3. The molecule has 1 aliphatic heterocycles. The van der Waals surface area contributed by atoms with Crippen LogP contribution < -0.4 is 5.32 Å². The maximum Gasteiger partial charge on any atom is 0.416 e. The first kappa shape index (κ1) is 18.8. The van der Waals surface area contributed by atoms with Gasteiger partial charge in [-0.05, 0) is 24.3 Å². The van der Waals surface area contributed by atoms with E-state index in [1.165, 1.54) is 12.3 Å². The molecule has 1 fully saturated rings. The predicted molar refractivity (Wildman–Crippen MR) is 83.6 cm³/mol. The van der Waals surface area contributed by atoms with E-state index in [-0.39, 0.29) is 18.0 Å². The van der Waals surface area contributed by atoms with Crippen LogP contribution in [0.15, 0.2) is 41.0 Å². The maximum absolute atomic E-state index is 14.4. The molecule has 0 aliphatic carbocycles. The van der Waals surface area contributed by atoms with Gasteiger partial charge in [0.2, 0.25) is 0 Å². The fraction of sp³-hybridized carbons (Fsp3) is 0.375. The Labute approximate surface area is 143 Å². The monoisotopic (exact) mass is 364 g/mol. The van der Waals surface area contributed by atoms with E-state index in [0.717, 1.165) is 19.2 Å². The van der Waals surface area contributed by atoms with Crippen molar-refractivity contribution in [3.05, 3.63) is 59.3 Å². The molecule has 1 aromatic carbocycles. The van der Waals surface area contributed by atoms with E-state index in [4.69, 9.17) is 4.42 Å². The van der Waals surface area contributed by atoms with Crippen molar-refractivity contribution in [2.75, 3.05) is 26.2 Å². The van der Waals surface area contributed by atoms with Crippen LogP contribution in [0.4, 0.5) is 17.6 Å². The highest BCUT2D eigenvalue weighted by atomic mass is 35.5. The lowest BCUT2D eigenvalue weighted by molar-refractivity contribution is -0.137. The average Bonchev–Trinajstić information content (AvgIpc) is 3.03. The first-order chi connectivity index (χ1) is 11.0. The molecule has 8 heteroatoms. The third kappa shape index (κ3) is 3.91. The number of nitrogens with zero attached hydrogens (tertiary/aromatic N) is 1. The van der Waals surface area contributed by atoms with Gasteiger partial charge < -0.3 is 9.73 Å². The lowest BCUT2D eigenvalue weighted by atomic mass is 9.99. The summed E-state index contributed by atoms with van der Waals surface area (Å²) in [6.45, 7) is 2.79. The Morgan fingerprint density at radius 2 is 1.83 bits per heavy atom. The zero-order chi connectivity index (χ0) is 16.4. The second kappa shape index (κ2) is 7.55. The van der Waals surface area contributed by atoms with E-state index in [9.17, 15) is 17.6 Å². The number of halogens is 5. The van der Waals surface area contributed by atoms with Gasteiger partial charge in [-0.25, -0.2) is 4.39 Å². The minimum Gasteiger partial charge on any atom is -0.467 e. The van der Waals surface area contributed by atoms with Crippen LogP contribution in [-0.4, -0.2) is 31.1 Å². The normalized spacial score (nSPS) is 17.3. The number of benzene rings is 1. The SMILES string of the molecule is Cl.Fc1cc(C(F)(F)F)ccc1[C@@H](c1ccco1)N1CCNCC1. The van der Waals surface area contributed by atoms with Gasteiger partial charge in [0.1, 0.15) is 11.6 Å². The van der Waals surface area contributed by atoms with Gasteiger partial charge >= 0.3 is 6.18 Å². The van der Waals surface area contributed by atoms with Crippen LogP contribution in [0.25, 0.3) is 0 Å². The molecule has 1 atom stereocenters. The highest BCUT2D eigenvalue weighted by molar-refractivity contribution is 5.85. The van der Waals surface area contributed by atoms with Crippen molar-refractivity contribution in [3.8, 4) is 0 Å². The molecule has 2 heterocycles. The van der Waals surface area contributed by atoms with Gasteiger partial charge in [-0.15, -0.1) is 12.4 Å². The summed E-state index contributed by atoms with van der Waals surface area (Å²) in [5, 5.41) is 3.20. The van der Waals surface area contributed by atoms with Crippen molar-refractivity contribution in [1.82, 2.24) is 10.2 Å². The Morgan fingerprint density at radius 1 is 1.12 bits per heavy atom. The van der Waals surface area contributed by atoms with Crippen molar-refractivity contribution in [1.29, 1.82) is 0 Å². The van der Waals surface area contributed by atoms with Gasteiger partial charge in [0.15, 0.2) is 0 Å². The molecular formula is C16H17ClF4N2O. The molecule has 1 N–H and O–H groups in total. The molecule has 3 rings (SSSR count). The second-order valence-electron chi connectivity index (χ2n) is 5.44. The summed E-state index contributed by atoms with van der Waals surface area (Å²) in [6, 6.07) is 5.53. The van der Waals surface area contributed by atoms with Crippen molar-refractivity contribution < 1.29 is 22.0 Å². The Hall–Kier alpha value is -1.57. The lowest BCUT2D eigenvalue weighted by Crippen LogP contribution is -2.45. The largest absolute Gasteiger partial charge is 0.467 e. The highest BCUT2D eigenvalue weighted by Crippen LogP contribution is 2.35. The van der Waals surface area contributed by atoms with E-state index in [1.807, 2.05) is 4.90 Å². The lowest BCUT2D eigenvalue weighted by Gasteiger charge is -2.34. The van der Waals surface area contributed by atoms with Crippen molar-refractivity contribution in [3.63, 3.8) is 0 Å². The Kier molecular flexibility index (Phi) is 5.90. The molecule has 2 aromatic rings. The molecule has 0 amide bonds. The Bertz CT molecular complexity index is 655. The fourth-order valence-corrected chi connectivity index (χ4v) is 2.84. The zero-order valence-electron chi connectivity index (χ0n) is 12.6. The summed E-state index contributed by atoms with van der Waals surface area (Å²) < 4.78 is 58.0. The number of hydrogen-bond donors (Lipinski definition) is 1. The maximum atomic E-state index is 14.4. The molecule has 3 nitrogen and oxygen atoms in total. The number of piperazine rings is 1. The molecule has 0 spiro atoms. The van der Waals surface area contributed by atoms with Gasteiger partial charge in [0, 0.05) is 31.7 Å². The van der Waals surface area contributed by atoms with E-state index in [0.29, 0.717) is 24.9 Å². The molecule has 0 bridgehead atoms. The Morgan fingerprint density at radius 3 is 2.38 bits per heavy atom. The third-order valence-corrected chi connectivity index (χ3v) is 3.95. The number of alkyl halides is 3. The molecule has 1 aliphatic rings. The minimum atomic E-state index is -4.56. The van der Waals surface area contributed by atoms with Gasteiger partial charge in [-0.2, -0.15) is 13.2 Å². The standard InChI is InChI=1S/C16H16F4N2O.ClH/c17-13-10-11(16(18,19)20)3-4-12(13)15(14-2-1-9-23-14)22-7-5-21-6-8-22;/h1-4,9-10,15,21H,5-8H2;1H/t15-;/m0./s1. The summed E-state index contributed by atoms with van der Waals surface area (Å²) in [6.07, 6.45) is -3.08. The number of hydrogen-bond acceptors (Lipinski definition) is 3. The van der Waals surface area contributed by atoms with Crippen LogP contribution in [0, 0.1) is 5.82 Å². The van der Waals surface area contributed by atoms with Gasteiger partial charge in [-0.3, -0.25) is 4.90 Å². The van der Waals surface area contributed by atoms with Gasteiger partial charge in [-0.1, -0.05) is 6.07 Å². The molecule has 0 unspecified atom stereocenters. The molecule has 0 saturated carbocycles. The van der Waals surface area contributed by atoms with E-state index in [1.54, 1.807) is 12.1 Å². The van der Waals surface area contributed by atoms with Gasteiger partial charge in [0.05, 0.1) is 17.9 Å². The van der Waals surface area contributed by atoms with Crippen molar-refractivity contribution >= 4 is 12.4 Å². The highest BCUT2D eigenvalue weighted by Gasteiger charge is 2.33. The number of furan rings is 1. The minimum absolute atomic E-state index is 0. The average molecular weight is 365 g/mol. The zero-order valence-corrected chi connectivity index (χ0v) is 13.5. The van der Waals surface area contributed by atoms with Crippen LogP contribution in [0.2, 0.25) is 0 Å². The first-order valence-corrected chi connectivity index (χ1v) is 7.31. The fourth-order valence-electron chi connectivity index (χ4n) is 2.84. The summed E-state index contributed by atoms with van der Waals surface area (Å²) in [5.74, 6) is -0.356.